The van der Waals surface area contributed by atoms with Gasteiger partial charge in [0.25, 0.3) is 0 Å². The quantitative estimate of drug-likeness (QED) is 0.668. The van der Waals surface area contributed by atoms with Gasteiger partial charge in [0.1, 0.15) is 6.17 Å². The molecule has 1 fully saturated rings. The molecule has 0 unspecified atom stereocenters. The number of carbonyl (C=O) groups is 1. The number of alkyl halides is 1. The minimum atomic E-state index is -0.876. The average molecular weight is 217 g/mol. The van der Waals surface area contributed by atoms with Gasteiger partial charge in [0.2, 0.25) is 5.91 Å². The average Bonchev–Trinajstić information content (AvgIpc) is 2.64. The summed E-state index contributed by atoms with van der Waals surface area (Å²) < 4.78 is 12.8. The van der Waals surface area contributed by atoms with E-state index in [0.29, 0.717) is 19.5 Å². The fourth-order valence-corrected chi connectivity index (χ4v) is 1.54. The van der Waals surface area contributed by atoms with Gasteiger partial charge in [-0.05, 0) is 13.6 Å². The third-order valence-electron chi connectivity index (χ3n) is 2.73. The first-order valence-electron chi connectivity index (χ1n) is 5.47. The minimum absolute atomic E-state index is 0.0837. The topological polar surface area (TPSA) is 44.4 Å². The molecule has 88 valence electrons. The van der Waals surface area contributed by atoms with E-state index in [1.807, 2.05) is 7.05 Å². The third-order valence-corrected chi connectivity index (χ3v) is 2.73. The summed E-state index contributed by atoms with van der Waals surface area (Å²) in [6.45, 7) is 4.78. The van der Waals surface area contributed by atoms with Crippen molar-refractivity contribution in [2.75, 3.05) is 33.2 Å². The number of amides is 1. The maximum atomic E-state index is 12.8. The van der Waals surface area contributed by atoms with E-state index in [1.54, 1.807) is 0 Å². The second-order valence-corrected chi connectivity index (χ2v) is 3.98. The summed E-state index contributed by atoms with van der Waals surface area (Å²) in [4.78, 5) is 13.6. The van der Waals surface area contributed by atoms with Crippen molar-refractivity contribution < 1.29 is 9.18 Å². The molecule has 1 aliphatic rings. The molecule has 0 aromatic rings. The Bertz CT molecular complexity index is 213. The molecule has 2 N–H and O–H groups in total. The summed E-state index contributed by atoms with van der Waals surface area (Å²) in [5, 5.41) is 5.66. The lowest BCUT2D eigenvalue weighted by molar-refractivity contribution is -0.122. The Kier molecular flexibility index (Phi) is 4.98. The summed E-state index contributed by atoms with van der Waals surface area (Å²) in [6, 6.07) is -0.341. The van der Waals surface area contributed by atoms with Crippen molar-refractivity contribution in [2.45, 2.75) is 25.6 Å². The van der Waals surface area contributed by atoms with Crippen LogP contribution in [0.4, 0.5) is 4.39 Å². The van der Waals surface area contributed by atoms with Crippen LogP contribution in [-0.4, -0.2) is 56.2 Å². The first-order chi connectivity index (χ1) is 7.13. The first-order valence-corrected chi connectivity index (χ1v) is 5.47. The van der Waals surface area contributed by atoms with Gasteiger partial charge in [-0.2, -0.15) is 0 Å². The normalized spacial score (nSPS) is 25.9. The second kappa shape index (κ2) is 6.02. The van der Waals surface area contributed by atoms with Crippen LogP contribution in [-0.2, 0) is 4.79 Å². The van der Waals surface area contributed by atoms with Crippen molar-refractivity contribution in [1.29, 1.82) is 0 Å². The number of halogens is 1. The van der Waals surface area contributed by atoms with Crippen LogP contribution in [0.2, 0.25) is 0 Å². The van der Waals surface area contributed by atoms with E-state index in [9.17, 15) is 9.18 Å². The molecule has 1 aliphatic heterocycles. The van der Waals surface area contributed by atoms with E-state index in [4.69, 9.17) is 0 Å². The Morgan fingerprint density at radius 3 is 2.93 bits per heavy atom. The Labute approximate surface area is 90.2 Å². The van der Waals surface area contributed by atoms with Crippen molar-refractivity contribution in [3.8, 4) is 0 Å². The van der Waals surface area contributed by atoms with Crippen molar-refractivity contribution in [1.82, 2.24) is 15.5 Å². The van der Waals surface area contributed by atoms with Gasteiger partial charge in [0.05, 0.1) is 6.04 Å². The Hall–Kier alpha value is -0.680. The molecule has 1 amide bonds. The predicted molar refractivity (Wildman–Crippen MR) is 57.5 cm³/mol. The molecule has 0 radical (unpaired) electrons. The summed E-state index contributed by atoms with van der Waals surface area (Å²) in [7, 11) is 2.00. The van der Waals surface area contributed by atoms with Crippen molar-refractivity contribution in [3.63, 3.8) is 0 Å². The molecule has 0 aliphatic carbocycles. The molecule has 1 rings (SSSR count). The highest BCUT2D eigenvalue weighted by Crippen LogP contribution is 2.09. The fourth-order valence-electron chi connectivity index (χ4n) is 1.54. The van der Waals surface area contributed by atoms with Gasteiger partial charge in [0.15, 0.2) is 0 Å². The molecule has 1 heterocycles. The van der Waals surface area contributed by atoms with Crippen LogP contribution in [0.15, 0.2) is 0 Å². The Morgan fingerprint density at radius 2 is 2.40 bits per heavy atom. The molecule has 0 aromatic heterocycles. The highest BCUT2D eigenvalue weighted by molar-refractivity contribution is 5.82. The van der Waals surface area contributed by atoms with Gasteiger partial charge in [-0.3, -0.25) is 4.79 Å². The number of carbonyl (C=O) groups excluding carboxylic acids is 1. The monoisotopic (exact) mass is 217 g/mol. The SMILES string of the molecule is CCN(C)CCNC(=O)[C@H]1C[C@H](F)CN1. The number of nitrogens with zero attached hydrogens (tertiary/aromatic N) is 1. The van der Waals surface area contributed by atoms with Gasteiger partial charge in [-0.15, -0.1) is 0 Å². The molecule has 0 aromatic carbocycles. The zero-order chi connectivity index (χ0) is 11.3. The van der Waals surface area contributed by atoms with E-state index in [0.717, 1.165) is 13.1 Å². The maximum Gasteiger partial charge on any atom is 0.237 e. The number of rotatable bonds is 5. The lowest BCUT2D eigenvalue weighted by Gasteiger charge is -2.15. The molecule has 5 heteroatoms. The Balaban J connectivity index is 2.13. The first kappa shape index (κ1) is 12.4. The van der Waals surface area contributed by atoms with Gasteiger partial charge < -0.3 is 15.5 Å². The van der Waals surface area contributed by atoms with E-state index in [-0.39, 0.29) is 11.9 Å². The molecule has 1 saturated heterocycles. The lowest BCUT2D eigenvalue weighted by atomic mass is 10.2. The van der Waals surface area contributed by atoms with E-state index in [1.165, 1.54) is 0 Å². The van der Waals surface area contributed by atoms with Crippen LogP contribution < -0.4 is 10.6 Å². The maximum absolute atomic E-state index is 12.8. The van der Waals surface area contributed by atoms with Crippen molar-refractivity contribution in [2.24, 2.45) is 0 Å². The third kappa shape index (κ3) is 4.13. The van der Waals surface area contributed by atoms with Gasteiger partial charge in [-0.25, -0.2) is 4.39 Å². The predicted octanol–water partition coefficient (Wildman–Crippen LogP) is -0.246. The smallest absolute Gasteiger partial charge is 0.237 e. The molecule has 0 saturated carbocycles. The summed E-state index contributed by atoms with van der Waals surface area (Å²) in [5.74, 6) is -0.0837. The lowest BCUT2D eigenvalue weighted by Crippen LogP contribution is -2.42. The number of likely N-dealkylation sites (N-methyl/N-ethyl adjacent to an activating group) is 1. The van der Waals surface area contributed by atoms with Gasteiger partial charge >= 0.3 is 0 Å². The number of nitrogens with one attached hydrogen (secondary N) is 2. The summed E-state index contributed by atoms with van der Waals surface area (Å²) >= 11 is 0. The largest absolute Gasteiger partial charge is 0.353 e. The number of hydrogen-bond acceptors (Lipinski definition) is 3. The fraction of sp³-hybridized carbons (Fsp3) is 0.900. The Morgan fingerprint density at radius 1 is 1.67 bits per heavy atom. The summed E-state index contributed by atoms with van der Waals surface area (Å²) in [6.07, 6.45) is -0.575. The van der Waals surface area contributed by atoms with Crippen molar-refractivity contribution >= 4 is 5.91 Å². The van der Waals surface area contributed by atoms with Crippen molar-refractivity contribution in [3.05, 3.63) is 0 Å². The minimum Gasteiger partial charge on any atom is -0.353 e. The molecule has 4 nitrogen and oxygen atoms in total. The van der Waals surface area contributed by atoms with Crippen LogP contribution in [0.3, 0.4) is 0 Å². The molecule has 0 bridgehead atoms. The summed E-state index contributed by atoms with van der Waals surface area (Å²) in [5.41, 5.74) is 0. The van der Waals surface area contributed by atoms with Gasteiger partial charge in [-0.1, -0.05) is 6.92 Å². The highest BCUT2D eigenvalue weighted by atomic mass is 19.1. The van der Waals surface area contributed by atoms with Gasteiger partial charge in [0, 0.05) is 26.1 Å². The molecule has 0 spiro atoms. The van der Waals surface area contributed by atoms with Crippen LogP contribution >= 0.6 is 0 Å². The highest BCUT2D eigenvalue weighted by Gasteiger charge is 2.28. The van der Waals surface area contributed by atoms with E-state index < -0.39 is 6.17 Å². The number of hydrogen-bond donors (Lipinski definition) is 2. The standard InChI is InChI=1S/C10H20FN3O/c1-3-14(2)5-4-12-10(15)9-6-8(11)7-13-9/h8-9,13H,3-7H2,1-2H3,(H,12,15)/t8-,9+/m0/s1. The van der Waals surface area contributed by atoms with E-state index >= 15 is 0 Å². The molecule has 2 atom stereocenters. The van der Waals surface area contributed by atoms with Crippen LogP contribution in [0.25, 0.3) is 0 Å². The zero-order valence-corrected chi connectivity index (χ0v) is 9.42. The van der Waals surface area contributed by atoms with E-state index in [2.05, 4.69) is 22.5 Å². The van der Waals surface area contributed by atoms with Crippen LogP contribution in [0.1, 0.15) is 13.3 Å². The molecule has 15 heavy (non-hydrogen) atoms. The van der Waals surface area contributed by atoms with Crippen LogP contribution in [0.5, 0.6) is 0 Å². The van der Waals surface area contributed by atoms with Crippen LogP contribution in [0, 0.1) is 0 Å². The zero-order valence-electron chi connectivity index (χ0n) is 9.42. The molecular weight excluding hydrogens is 197 g/mol. The second-order valence-electron chi connectivity index (χ2n) is 3.98. The molecular formula is C10H20FN3O.